The lowest BCUT2D eigenvalue weighted by Gasteiger charge is -2.51. The van der Waals surface area contributed by atoms with Crippen molar-refractivity contribution in [2.75, 3.05) is 33.4 Å². The average molecular weight is 714 g/mol. The predicted molar refractivity (Wildman–Crippen MR) is 164 cm³/mol. The van der Waals surface area contributed by atoms with E-state index in [1.165, 1.54) is 0 Å². The zero-order valence-electron chi connectivity index (χ0n) is 27.3. The summed E-state index contributed by atoms with van der Waals surface area (Å²) in [7, 11) is 1.55. The summed E-state index contributed by atoms with van der Waals surface area (Å²) in [6.45, 7) is -0.157. The molecule has 5 rings (SSSR count). The van der Waals surface area contributed by atoms with E-state index in [4.69, 9.17) is 72.3 Å². The molecular weight excluding hydrogens is 658 g/mol. The van der Waals surface area contributed by atoms with Crippen molar-refractivity contribution in [3.63, 3.8) is 0 Å². The number of aliphatic hydroxyl groups is 6. The zero-order valence-corrected chi connectivity index (χ0v) is 27.3. The molecule has 19 N–H and O–H groups in total. The van der Waals surface area contributed by atoms with Crippen LogP contribution in [0.3, 0.4) is 0 Å². The van der Waals surface area contributed by atoms with Gasteiger partial charge in [0.05, 0.1) is 43.5 Å². The van der Waals surface area contributed by atoms with Crippen LogP contribution in [-0.4, -0.2) is 193 Å². The second-order valence-corrected chi connectivity index (χ2v) is 13.3. The lowest BCUT2D eigenvalue weighted by atomic mass is 9.84. The van der Waals surface area contributed by atoms with E-state index in [0.717, 1.165) is 0 Å². The first-order valence-corrected chi connectivity index (χ1v) is 16.7. The van der Waals surface area contributed by atoms with Crippen LogP contribution in [0, 0.1) is 0 Å². The van der Waals surface area contributed by atoms with Crippen molar-refractivity contribution in [3.8, 4) is 0 Å². The largest absolute Gasteiger partial charge is 0.394 e. The van der Waals surface area contributed by atoms with Crippen LogP contribution in [-0.2, 0) is 37.9 Å². The van der Waals surface area contributed by atoms with E-state index in [1.54, 1.807) is 7.05 Å². The minimum Gasteiger partial charge on any atom is -0.394 e. The molecule has 3 unspecified atom stereocenters. The van der Waals surface area contributed by atoms with Crippen LogP contribution in [0.4, 0.5) is 0 Å². The first-order valence-electron chi connectivity index (χ1n) is 16.7. The van der Waals surface area contributed by atoms with E-state index in [-0.39, 0.29) is 32.5 Å². The number of hydrogen-bond acceptors (Lipinski definition) is 21. The molecule has 0 spiro atoms. The number of aliphatic hydroxyl groups excluding tert-OH is 6. The van der Waals surface area contributed by atoms with Crippen molar-refractivity contribution in [2.24, 2.45) is 34.4 Å². The highest BCUT2D eigenvalue weighted by molar-refractivity contribution is 5.03. The van der Waals surface area contributed by atoms with Gasteiger partial charge in [-0.05, 0) is 19.9 Å². The van der Waals surface area contributed by atoms with Gasteiger partial charge in [-0.1, -0.05) is 0 Å². The summed E-state index contributed by atoms with van der Waals surface area (Å²) >= 11 is 0. The Hall–Kier alpha value is -0.840. The molecule has 49 heavy (non-hydrogen) atoms. The van der Waals surface area contributed by atoms with Crippen molar-refractivity contribution in [2.45, 2.75) is 141 Å². The Labute approximate surface area is 283 Å². The van der Waals surface area contributed by atoms with Crippen LogP contribution < -0.4 is 39.7 Å². The third kappa shape index (κ3) is 8.07. The molecular formula is C28H55N7O14. The van der Waals surface area contributed by atoms with Crippen molar-refractivity contribution in [1.29, 1.82) is 0 Å². The molecule has 21 nitrogen and oxygen atoms in total. The minimum absolute atomic E-state index is 0.0170. The summed E-state index contributed by atoms with van der Waals surface area (Å²) in [4.78, 5) is 0. The summed E-state index contributed by atoms with van der Waals surface area (Å²) in [5.74, 6) is 0. The molecule has 286 valence electrons. The van der Waals surface area contributed by atoms with Crippen LogP contribution in [0.5, 0.6) is 0 Å². The van der Waals surface area contributed by atoms with E-state index in [0.29, 0.717) is 0 Å². The highest BCUT2D eigenvalue weighted by Crippen LogP contribution is 2.37. The van der Waals surface area contributed by atoms with Gasteiger partial charge < -0.3 is 108 Å². The number of likely N-dealkylation sites (N-methyl/N-ethyl adjacent to an activating group) is 1. The molecule has 21 atom stereocenters. The van der Waals surface area contributed by atoms with Gasteiger partial charge in [0.15, 0.2) is 25.2 Å². The Bertz CT molecular complexity index is 1040. The molecule has 1 aliphatic carbocycles. The van der Waals surface area contributed by atoms with Crippen molar-refractivity contribution in [1.82, 2.24) is 5.32 Å². The smallest absolute Gasteiger partial charge is 0.189 e. The Morgan fingerprint density at radius 2 is 1.33 bits per heavy atom. The summed E-state index contributed by atoms with van der Waals surface area (Å²) in [5.41, 5.74) is 36.4. The lowest BCUT2D eigenvalue weighted by molar-refractivity contribution is -0.374. The highest BCUT2D eigenvalue weighted by Gasteiger charge is 2.55. The van der Waals surface area contributed by atoms with Crippen LogP contribution in [0.1, 0.15) is 12.8 Å². The molecule has 5 aliphatic rings. The van der Waals surface area contributed by atoms with Gasteiger partial charge in [0.25, 0.3) is 0 Å². The molecule has 0 aromatic rings. The fraction of sp³-hybridized carbons (Fsp3) is 1.00. The Morgan fingerprint density at radius 3 is 1.98 bits per heavy atom. The Balaban J connectivity index is 1.27. The van der Waals surface area contributed by atoms with Crippen LogP contribution in [0.2, 0.25) is 0 Å². The third-order valence-electron chi connectivity index (χ3n) is 9.96. The number of ether oxygens (including phenoxy) is 8. The van der Waals surface area contributed by atoms with Gasteiger partial charge in [0.1, 0.15) is 61.0 Å². The van der Waals surface area contributed by atoms with E-state index in [2.05, 4.69) is 5.32 Å². The van der Waals surface area contributed by atoms with Gasteiger partial charge in [0.2, 0.25) is 0 Å². The molecule has 0 aromatic carbocycles. The summed E-state index contributed by atoms with van der Waals surface area (Å²) in [6.07, 6.45) is -18.4. The second kappa shape index (κ2) is 16.9. The van der Waals surface area contributed by atoms with E-state index >= 15 is 0 Å². The molecule has 1 saturated carbocycles. The van der Waals surface area contributed by atoms with Gasteiger partial charge in [-0.2, -0.15) is 0 Å². The first-order chi connectivity index (χ1) is 23.3. The molecule has 21 heteroatoms. The van der Waals surface area contributed by atoms with Crippen molar-refractivity contribution in [3.05, 3.63) is 0 Å². The number of hydrogen-bond donors (Lipinski definition) is 13. The minimum atomic E-state index is -1.57. The fourth-order valence-corrected chi connectivity index (χ4v) is 7.16. The number of nitrogens with one attached hydrogen (secondary N) is 1. The number of nitrogens with two attached hydrogens (primary N) is 6. The topological polar surface area (TPSA) is 363 Å². The van der Waals surface area contributed by atoms with Gasteiger partial charge in [-0.3, -0.25) is 0 Å². The number of fused-ring (bicyclic) bond motifs is 1. The maximum atomic E-state index is 11.4. The molecule has 0 aromatic heterocycles. The molecule has 4 aliphatic heterocycles. The first kappa shape index (κ1) is 39.4. The van der Waals surface area contributed by atoms with E-state index in [1.807, 2.05) is 0 Å². The second-order valence-electron chi connectivity index (χ2n) is 13.3. The normalized spacial score (nSPS) is 52.2. The van der Waals surface area contributed by atoms with Gasteiger partial charge in [0, 0.05) is 25.2 Å². The average Bonchev–Trinajstić information content (AvgIpc) is 3.38. The SMILES string of the molecule is CN[C@@H]1[C@@H](O[C@H]2O[C@H](CO)[C@@H](N)[C@H](O)[C@H]2O)OC2C[C@@H](N)[C@@H](O[C@H]3[C@H](OC4O[C@H](CN)[C@@H](OCCN)[C@H]4O)[C@@H](O)[C@H](N)C[C@@H]3N)OC2[C@@H]1O. The molecule has 4 saturated heterocycles. The monoisotopic (exact) mass is 713 g/mol. The van der Waals surface area contributed by atoms with E-state index in [9.17, 15) is 30.6 Å². The van der Waals surface area contributed by atoms with Gasteiger partial charge in [-0.25, -0.2) is 0 Å². The third-order valence-corrected chi connectivity index (χ3v) is 9.96. The van der Waals surface area contributed by atoms with Gasteiger partial charge in [-0.15, -0.1) is 0 Å². The summed E-state index contributed by atoms with van der Waals surface area (Å²) in [6, 6.07) is -4.41. The zero-order chi connectivity index (χ0) is 35.7. The van der Waals surface area contributed by atoms with Crippen LogP contribution >= 0.6 is 0 Å². The Kier molecular flexibility index (Phi) is 13.6. The number of rotatable bonds is 12. The summed E-state index contributed by atoms with van der Waals surface area (Å²) in [5, 5.41) is 66.9. The fourth-order valence-electron chi connectivity index (χ4n) is 7.16. The maximum Gasteiger partial charge on any atom is 0.189 e. The van der Waals surface area contributed by atoms with Crippen molar-refractivity contribution < 1.29 is 68.5 Å². The predicted octanol–water partition coefficient (Wildman–Crippen LogP) is -8.54. The molecule has 5 fully saturated rings. The van der Waals surface area contributed by atoms with Crippen LogP contribution in [0.15, 0.2) is 0 Å². The van der Waals surface area contributed by atoms with E-state index < -0.39 is 135 Å². The molecule has 4 heterocycles. The molecule has 0 radical (unpaired) electrons. The molecule has 0 amide bonds. The van der Waals surface area contributed by atoms with Crippen molar-refractivity contribution >= 4 is 0 Å². The molecule has 0 bridgehead atoms. The lowest BCUT2D eigenvalue weighted by Crippen LogP contribution is -2.70. The summed E-state index contributed by atoms with van der Waals surface area (Å²) < 4.78 is 47.6. The quantitative estimate of drug-likeness (QED) is 0.0892. The standard InChI is InChI=1S/C28H55N7O14/c1-35-15-18(39)23-11(43-26(15)49-27-19(40)17(38)14(34)13(7-36)45-27)5-10(33)25(47-23)46-21-9(32)4-8(31)16(37)24(21)48-28-20(41)22(42-3-2-29)12(6-30)44-28/h8-28,35-41H,2-7,29-34H2,1H3/t8-,9+,10-,11?,12-,13-,14-,15+,16+,17+,18-,19-,20-,21-,22-,23?,24-,25+,26-,27-,28?/m1/s1. The highest BCUT2D eigenvalue weighted by atomic mass is 16.8. The Morgan fingerprint density at radius 1 is 0.653 bits per heavy atom. The maximum absolute atomic E-state index is 11.4. The van der Waals surface area contributed by atoms with Crippen LogP contribution in [0.25, 0.3) is 0 Å². The van der Waals surface area contributed by atoms with Gasteiger partial charge >= 0.3 is 0 Å².